The van der Waals surface area contributed by atoms with Gasteiger partial charge in [0.25, 0.3) is 5.89 Å². The lowest BCUT2D eigenvalue weighted by atomic mass is 9.95. The van der Waals surface area contributed by atoms with E-state index in [4.69, 9.17) is 19.2 Å². The molecule has 0 saturated heterocycles. The van der Waals surface area contributed by atoms with E-state index in [0.717, 1.165) is 36.3 Å². The van der Waals surface area contributed by atoms with Crippen LogP contribution in [0.2, 0.25) is 0 Å². The van der Waals surface area contributed by atoms with E-state index >= 15 is 0 Å². The number of nitrogens with zero attached hydrogens (tertiary/aromatic N) is 3. The maximum Gasteiger partial charge on any atom is 0.490 e. The van der Waals surface area contributed by atoms with Gasteiger partial charge in [-0.3, -0.25) is 4.98 Å². The topological polar surface area (TPSA) is 110 Å². The lowest BCUT2D eigenvalue weighted by molar-refractivity contribution is -0.192. The summed E-state index contributed by atoms with van der Waals surface area (Å²) in [6, 6.07) is 9.87. The Morgan fingerprint density at radius 1 is 1.28 bits per heavy atom. The molecule has 8 nitrogen and oxygen atoms in total. The molecule has 1 atom stereocenters. The van der Waals surface area contributed by atoms with Crippen LogP contribution in [0.4, 0.5) is 13.2 Å². The SMILES string of the molecule is CO[C@@H](c1ccccc1)c1nc(-c2c(C)ncc3c2CCNC3)no1.O=C(O)C(F)(F)F. The third-order valence-corrected chi connectivity index (χ3v) is 4.80. The lowest BCUT2D eigenvalue weighted by Gasteiger charge is -2.19. The first kappa shape index (κ1) is 23.4. The number of alkyl halides is 3. The molecular formula is C21H21F3N4O4. The molecule has 2 aromatic heterocycles. The molecule has 3 heterocycles. The number of hydrogen-bond donors (Lipinski definition) is 2. The molecule has 0 bridgehead atoms. The summed E-state index contributed by atoms with van der Waals surface area (Å²) < 4.78 is 42.9. The van der Waals surface area contributed by atoms with Crippen LogP contribution in [0.3, 0.4) is 0 Å². The molecule has 3 aromatic rings. The number of aryl methyl sites for hydroxylation is 1. The zero-order chi connectivity index (χ0) is 23.3. The Morgan fingerprint density at radius 3 is 2.59 bits per heavy atom. The van der Waals surface area contributed by atoms with E-state index in [9.17, 15) is 13.2 Å². The fourth-order valence-corrected chi connectivity index (χ4v) is 3.32. The number of nitrogens with one attached hydrogen (secondary N) is 1. The van der Waals surface area contributed by atoms with Crippen molar-refractivity contribution >= 4 is 5.97 Å². The van der Waals surface area contributed by atoms with Crippen molar-refractivity contribution in [3.63, 3.8) is 0 Å². The van der Waals surface area contributed by atoms with Gasteiger partial charge >= 0.3 is 12.1 Å². The zero-order valence-corrected chi connectivity index (χ0v) is 17.3. The number of rotatable bonds is 4. The van der Waals surface area contributed by atoms with E-state index in [1.54, 1.807) is 7.11 Å². The number of pyridine rings is 1. The molecule has 32 heavy (non-hydrogen) atoms. The molecule has 0 aliphatic carbocycles. The highest BCUT2D eigenvalue weighted by Gasteiger charge is 2.38. The lowest BCUT2D eigenvalue weighted by Crippen LogP contribution is -2.24. The standard InChI is InChI=1S/C19H20N4O2.C2HF3O2/c1-12-16(15-8-9-20-10-14(15)11-21-12)18-22-19(25-23-18)17(24-2)13-6-4-3-5-7-13;3-2(4,5)1(6)7/h3-7,11,17,20H,8-10H2,1-2H3;(H,6,7)/t17-;/m0./s1. The summed E-state index contributed by atoms with van der Waals surface area (Å²) in [4.78, 5) is 18.0. The predicted molar refractivity (Wildman–Crippen MR) is 107 cm³/mol. The van der Waals surface area contributed by atoms with Gasteiger partial charge in [0.05, 0.1) is 0 Å². The minimum atomic E-state index is -5.08. The van der Waals surface area contributed by atoms with Gasteiger partial charge < -0.3 is 19.7 Å². The molecular weight excluding hydrogens is 429 g/mol. The Labute approximate surface area is 181 Å². The fraction of sp³-hybridized carbons (Fsp3) is 0.333. The highest BCUT2D eigenvalue weighted by atomic mass is 19.4. The van der Waals surface area contributed by atoms with Crippen LogP contribution in [0.25, 0.3) is 11.4 Å². The summed E-state index contributed by atoms with van der Waals surface area (Å²) in [5.74, 6) is -1.72. The normalized spacial score (nSPS) is 14.2. The number of aliphatic carboxylic acids is 1. The summed E-state index contributed by atoms with van der Waals surface area (Å²) in [5.41, 5.74) is 5.34. The van der Waals surface area contributed by atoms with Gasteiger partial charge in [-0.25, -0.2) is 4.79 Å². The number of hydrogen-bond acceptors (Lipinski definition) is 7. The molecule has 4 rings (SSSR count). The van der Waals surface area contributed by atoms with Crippen LogP contribution in [-0.4, -0.2) is 46.0 Å². The smallest absolute Gasteiger partial charge is 0.475 e. The predicted octanol–water partition coefficient (Wildman–Crippen LogP) is 3.45. The van der Waals surface area contributed by atoms with Gasteiger partial charge in [0.2, 0.25) is 5.82 Å². The molecule has 0 radical (unpaired) electrons. The van der Waals surface area contributed by atoms with Crippen molar-refractivity contribution in [3.8, 4) is 11.4 Å². The van der Waals surface area contributed by atoms with E-state index in [-0.39, 0.29) is 6.10 Å². The van der Waals surface area contributed by atoms with Crippen molar-refractivity contribution < 1.29 is 32.3 Å². The third kappa shape index (κ3) is 5.29. The Bertz CT molecular complexity index is 1070. The number of fused-ring (bicyclic) bond motifs is 1. The second-order valence-corrected chi connectivity index (χ2v) is 6.93. The van der Waals surface area contributed by atoms with E-state index in [1.165, 1.54) is 11.1 Å². The second kappa shape index (κ2) is 9.88. The van der Waals surface area contributed by atoms with Crippen LogP contribution in [0, 0.1) is 6.92 Å². The minimum Gasteiger partial charge on any atom is -0.475 e. The number of halogens is 3. The summed E-state index contributed by atoms with van der Waals surface area (Å²) in [7, 11) is 1.64. The number of carbonyl (C=O) groups is 1. The summed E-state index contributed by atoms with van der Waals surface area (Å²) in [6.45, 7) is 3.75. The van der Waals surface area contributed by atoms with Gasteiger partial charge in [0.15, 0.2) is 6.10 Å². The highest BCUT2D eigenvalue weighted by molar-refractivity contribution is 5.73. The van der Waals surface area contributed by atoms with Crippen molar-refractivity contribution in [1.82, 2.24) is 20.4 Å². The van der Waals surface area contributed by atoms with Crippen LogP contribution < -0.4 is 5.32 Å². The van der Waals surface area contributed by atoms with Crippen molar-refractivity contribution in [3.05, 3.63) is 64.8 Å². The maximum absolute atomic E-state index is 10.6. The van der Waals surface area contributed by atoms with Gasteiger partial charge in [0, 0.05) is 31.1 Å². The van der Waals surface area contributed by atoms with E-state index in [1.807, 2.05) is 43.5 Å². The van der Waals surface area contributed by atoms with Gasteiger partial charge in [0.1, 0.15) is 0 Å². The van der Waals surface area contributed by atoms with Crippen LogP contribution in [-0.2, 0) is 22.5 Å². The Kier molecular flexibility index (Phi) is 7.21. The van der Waals surface area contributed by atoms with Gasteiger partial charge in [-0.1, -0.05) is 35.5 Å². The summed E-state index contributed by atoms with van der Waals surface area (Å²) in [5, 5.41) is 14.7. The van der Waals surface area contributed by atoms with E-state index in [2.05, 4.69) is 20.4 Å². The molecule has 0 unspecified atom stereocenters. The maximum atomic E-state index is 10.6. The first-order valence-electron chi connectivity index (χ1n) is 9.62. The molecule has 1 aliphatic rings. The number of ether oxygens (including phenoxy) is 1. The van der Waals surface area contributed by atoms with Gasteiger partial charge in [-0.2, -0.15) is 18.2 Å². The summed E-state index contributed by atoms with van der Waals surface area (Å²) in [6.07, 6.45) is -2.59. The van der Waals surface area contributed by atoms with Crippen LogP contribution in [0.5, 0.6) is 0 Å². The van der Waals surface area contributed by atoms with Gasteiger partial charge in [-0.15, -0.1) is 0 Å². The van der Waals surface area contributed by atoms with Crippen molar-refractivity contribution in [1.29, 1.82) is 0 Å². The van der Waals surface area contributed by atoms with Crippen LogP contribution in [0.1, 0.15) is 34.4 Å². The van der Waals surface area contributed by atoms with E-state index < -0.39 is 12.1 Å². The fourth-order valence-electron chi connectivity index (χ4n) is 3.32. The average molecular weight is 450 g/mol. The quantitative estimate of drug-likeness (QED) is 0.622. The molecule has 170 valence electrons. The Balaban J connectivity index is 0.000000360. The first-order chi connectivity index (χ1) is 15.2. The van der Waals surface area contributed by atoms with Crippen molar-refractivity contribution in [2.75, 3.05) is 13.7 Å². The average Bonchev–Trinajstić information content (AvgIpc) is 3.24. The van der Waals surface area contributed by atoms with Crippen molar-refractivity contribution in [2.45, 2.75) is 32.2 Å². The number of methoxy groups -OCH3 is 1. The van der Waals surface area contributed by atoms with Crippen LogP contribution >= 0.6 is 0 Å². The first-order valence-corrected chi connectivity index (χ1v) is 9.62. The highest BCUT2D eigenvalue weighted by Crippen LogP contribution is 2.31. The molecule has 0 spiro atoms. The second-order valence-electron chi connectivity index (χ2n) is 6.93. The Hall–Kier alpha value is -3.31. The number of aromatic nitrogens is 3. The van der Waals surface area contributed by atoms with Crippen LogP contribution in [0.15, 0.2) is 41.1 Å². The zero-order valence-electron chi connectivity index (χ0n) is 17.3. The Morgan fingerprint density at radius 2 is 1.97 bits per heavy atom. The molecule has 0 fully saturated rings. The third-order valence-electron chi connectivity index (χ3n) is 4.80. The minimum absolute atomic E-state index is 0.378. The van der Waals surface area contributed by atoms with E-state index in [0.29, 0.717) is 11.7 Å². The van der Waals surface area contributed by atoms with Gasteiger partial charge in [-0.05, 0) is 36.6 Å². The number of carboxylic acids is 1. The number of benzene rings is 1. The van der Waals surface area contributed by atoms with Crippen molar-refractivity contribution in [2.24, 2.45) is 0 Å². The molecule has 0 saturated carbocycles. The molecule has 0 amide bonds. The molecule has 11 heteroatoms. The summed E-state index contributed by atoms with van der Waals surface area (Å²) >= 11 is 0. The monoisotopic (exact) mass is 450 g/mol. The molecule has 2 N–H and O–H groups in total. The number of carboxylic acid groups (broad SMARTS) is 1. The largest absolute Gasteiger partial charge is 0.490 e. The molecule has 1 aliphatic heterocycles. The molecule has 1 aromatic carbocycles.